The number of ether oxygens (including phenoxy) is 1. The molecule has 4 atom stereocenters. The second kappa shape index (κ2) is 9.01. The van der Waals surface area contributed by atoms with Gasteiger partial charge in [-0.3, -0.25) is 4.57 Å². The van der Waals surface area contributed by atoms with Crippen molar-refractivity contribution >= 4 is 28.7 Å². The molecule has 0 radical (unpaired) electrons. The number of aromatic nitrogens is 4. The Morgan fingerprint density at radius 2 is 2.11 bits per heavy atom. The molecule has 0 bridgehead atoms. The summed E-state index contributed by atoms with van der Waals surface area (Å²) in [6.07, 6.45) is 6.25. The van der Waals surface area contributed by atoms with E-state index in [-0.39, 0.29) is 5.82 Å². The SMILES string of the molecule is CC=C(CCCCC)SC[C@H]1O[C@@H](n2cnc3c(N)ncnc32)[C@H](O)[C@@H]1O. The van der Waals surface area contributed by atoms with E-state index < -0.39 is 24.5 Å². The third-order valence-electron chi connectivity index (χ3n) is 4.78. The minimum atomic E-state index is -1.07. The van der Waals surface area contributed by atoms with Crippen molar-refractivity contribution < 1.29 is 14.9 Å². The monoisotopic (exact) mass is 393 g/mol. The lowest BCUT2D eigenvalue weighted by Crippen LogP contribution is -2.32. The molecule has 9 heteroatoms. The van der Waals surface area contributed by atoms with Crippen molar-refractivity contribution in [3.8, 4) is 0 Å². The van der Waals surface area contributed by atoms with Crippen LogP contribution in [0, 0.1) is 0 Å². The smallest absolute Gasteiger partial charge is 0.167 e. The number of aliphatic hydroxyl groups excluding tert-OH is 2. The standard InChI is InChI=1S/C18H27N5O3S/c1-3-5-6-7-11(4-2)27-8-12-14(24)15(25)18(26-12)23-10-22-13-16(19)20-9-21-17(13)23/h4,9-10,12,14-15,18,24-25H,3,5-8H2,1-2H3,(H2,19,20,21)/t12-,14-,15-,18-/m1/s1. The second-order valence-electron chi connectivity index (χ2n) is 6.65. The number of nitrogens with two attached hydrogens (primary N) is 1. The molecule has 0 unspecified atom stereocenters. The van der Waals surface area contributed by atoms with Crippen LogP contribution in [0.5, 0.6) is 0 Å². The first-order valence-electron chi connectivity index (χ1n) is 9.29. The number of nitrogens with zero attached hydrogens (tertiary/aromatic N) is 4. The van der Waals surface area contributed by atoms with E-state index in [1.807, 2.05) is 6.92 Å². The van der Waals surface area contributed by atoms with Gasteiger partial charge in [0.2, 0.25) is 0 Å². The van der Waals surface area contributed by atoms with Gasteiger partial charge in [-0.2, -0.15) is 0 Å². The van der Waals surface area contributed by atoms with Gasteiger partial charge in [0.25, 0.3) is 0 Å². The van der Waals surface area contributed by atoms with Crippen LogP contribution in [-0.4, -0.2) is 53.8 Å². The van der Waals surface area contributed by atoms with Crippen LogP contribution in [0.2, 0.25) is 0 Å². The molecule has 0 saturated carbocycles. The molecule has 0 aromatic carbocycles. The average Bonchev–Trinajstić information content (AvgIpc) is 3.21. The van der Waals surface area contributed by atoms with E-state index in [2.05, 4.69) is 28.0 Å². The van der Waals surface area contributed by atoms with E-state index in [1.165, 1.54) is 30.4 Å². The number of allylic oxidation sites excluding steroid dienone is 2. The van der Waals surface area contributed by atoms with Crippen molar-refractivity contribution in [1.29, 1.82) is 0 Å². The van der Waals surface area contributed by atoms with Crippen molar-refractivity contribution in [2.75, 3.05) is 11.5 Å². The summed E-state index contributed by atoms with van der Waals surface area (Å²) in [7, 11) is 0. The summed E-state index contributed by atoms with van der Waals surface area (Å²) in [6.45, 7) is 4.21. The average molecular weight is 394 g/mol. The van der Waals surface area contributed by atoms with Crippen molar-refractivity contribution in [3.63, 3.8) is 0 Å². The molecule has 1 aliphatic rings. The lowest BCUT2D eigenvalue weighted by molar-refractivity contribution is -0.0288. The fraction of sp³-hybridized carbons (Fsp3) is 0.611. The zero-order chi connectivity index (χ0) is 19.4. The minimum Gasteiger partial charge on any atom is -0.387 e. The first-order chi connectivity index (χ1) is 13.1. The number of anilines is 1. The van der Waals surface area contributed by atoms with Gasteiger partial charge in [0.15, 0.2) is 17.7 Å². The van der Waals surface area contributed by atoms with Gasteiger partial charge in [-0.1, -0.05) is 25.8 Å². The van der Waals surface area contributed by atoms with Crippen LogP contribution in [0.15, 0.2) is 23.6 Å². The summed E-state index contributed by atoms with van der Waals surface area (Å²) >= 11 is 1.67. The molecule has 0 amide bonds. The quantitative estimate of drug-likeness (QED) is 0.584. The summed E-state index contributed by atoms with van der Waals surface area (Å²) in [5.74, 6) is 0.841. The number of aliphatic hydroxyl groups is 2. The highest BCUT2D eigenvalue weighted by molar-refractivity contribution is 8.03. The molecule has 2 aromatic heterocycles. The molecule has 27 heavy (non-hydrogen) atoms. The Balaban J connectivity index is 1.67. The van der Waals surface area contributed by atoms with Crippen molar-refractivity contribution in [3.05, 3.63) is 23.6 Å². The van der Waals surface area contributed by atoms with Gasteiger partial charge in [0.05, 0.1) is 12.4 Å². The molecule has 3 rings (SSSR count). The van der Waals surface area contributed by atoms with Crippen LogP contribution in [0.1, 0.15) is 45.8 Å². The van der Waals surface area contributed by atoms with E-state index in [4.69, 9.17) is 10.5 Å². The highest BCUT2D eigenvalue weighted by Gasteiger charge is 2.44. The van der Waals surface area contributed by atoms with Crippen molar-refractivity contribution in [1.82, 2.24) is 19.5 Å². The van der Waals surface area contributed by atoms with E-state index in [0.717, 1.165) is 12.8 Å². The number of fused-ring (bicyclic) bond motifs is 1. The molecule has 1 aliphatic heterocycles. The van der Waals surface area contributed by atoms with Gasteiger partial charge in [-0.25, -0.2) is 15.0 Å². The molecule has 3 heterocycles. The highest BCUT2D eigenvalue weighted by Crippen LogP contribution is 2.35. The van der Waals surface area contributed by atoms with Crippen LogP contribution in [0.4, 0.5) is 5.82 Å². The normalized spacial score (nSPS) is 26.1. The number of thioether (sulfide) groups is 1. The van der Waals surface area contributed by atoms with Gasteiger partial charge in [-0.05, 0) is 24.7 Å². The zero-order valence-electron chi connectivity index (χ0n) is 15.7. The first-order valence-corrected chi connectivity index (χ1v) is 10.3. The number of nitrogen functional groups attached to an aromatic ring is 1. The predicted octanol–water partition coefficient (Wildman–Crippen LogP) is 2.24. The Labute approximate surface area is 162 Å². The molecular weight excluding hydrogens is 366 g/mol. The van der Waals surface area contributed by atoms with Crippen LogP contribution < -0.4 is 5.73 Å². The maximum Gasteiger partial charge on any atom is 0.167 e. The molecular formula is C18H27N5O3S. The molecule has 2 aromatic rings. The summed E-state index contributed by atoms with van der Waals surface area (Å²) in [4.78, 5) is 13.6. The van der Waals surface area contributed by atoms with E-state index in [0.29, 0.717) is 16.9 Å². The van der Waals surface area contributed by atoms with Crippen LogP contribution in [0.25, 0.3) is 11.2 Å². The van der Waals surface area contributed by atoms with E-state index in [1.54, 1.807) is 16.3 Å². The van der Waals surface area contributed by atoms with E-state index in [9.17, 15) is 10.2 Å². The Hall–Kier alpha value is -1.68. The van der Waals surface area contributed by atoms with Gasteiger partial charge in [-0.15, -0.1) is 11.8 Å². The summed E-state index contributed by atoms with van der Waals surface area (Å²) in [5.41, 5.74) is 6.74. The maximum atomic E-state index is 10.5. The lowest BCUT2D eigenvalue weighted by Gasteiger charge is -2.16. The largest absolute Gasteiger partial charge is 0.387 e. The molecule has 8 nitrogen and oxygen atoms in total. The Kier molecular flexibility index (Phi) is 6.69. The first kappa shape index (κ1) is 20.1. The molecule has 0 aliphatic carbocycles. The van der Waals surface area contributed by atoms with Gasteiger partial charge in [0, 0.05) is 5.75 Å². The fourth-order valence-corrected chi connectivity index (χ4v) is 4.30. The summed E-state index contributed by atoms with van der Waals surface area (Å²) < 4.78 is 7.57. The van der Waals surface area contributed by atoms with Crippen LogP contribution in [0.3, 0.4) is 0 Å². The fourth-order valence-electron chi connectivity index (χ4n) is 3.19. The summed E-state index contributed by atoms with van der Waals surface area (Å²) in [5, 5.41) is 21.0. The van der Waals surface area contributed by atoms with Crippen LogP contribution in [-0.2, 0) is 4.74 Å². The maximum absolute atomic E-state index is 10.5. The Bertz CT molecular complexity index is 796. The number of rotatable bonds is 8. The van der Waals surface area contributed by atoms with Gasteiger partial charge >= 0.3 is 0 Å². The Morgan fingerprint density at radius 1 is 1.30 bits per heavy atom. The number of hydrogen-bond donors (Lipinski definition) is 3. The second-order valence-corrected chi connectivity index (χ2v) is 7.80. The predicted molar refractivity (Wildman–Crippen MR) is 106 cm³/mol. The molecule has 4 N–H and O–H groups in total. The van der Waals surface area contributed by atoms with Crippen molar-refractivity contribution in [2.24, 2.45) is 0 Å². The minimum absolute atomic E-state index is 0.267. The van der Waals surface area contributed by atoms with Crippen LogP contribution >= 0.6 is 11.8 Å². The number of unbranched alkanes of at least 4 members (excludes halogenated alkanes) is 2. The molecule has 148 valence electrons. The topological polar surface area (TPSA) is 119 Å². The van der Waals surface area contributed by atoms with Gasteiger partial charge in [0.1, 0.15) is 24.1 Å². The van der Waals surface area contributed by atoms with Gasteiger partial charge < -0.3 is 20.7 Å². The number of imidazole rings is 1. The summed E-state index contributed by atoms with van der Waals surface area (Å²) in [6, 6.07) is 0. The van der Waals surface area contributed by atoms with E-state index >= 15 is 0 Å². The molecule has 0 spiro atoms. The zero-order valence-corrected chi connectivity index (χ0v) is 16.5. The number of hydrogen-bond acceptors (Lipinski definition) is 8. The van der Waals surface area contributed by atoms with Crippen molar-refractivity contribution in [2.45, 2.75) is 64.1 Å². The molecule has 1 saturated heterocycles. The third kappa shape index (κ3) is 4.26. The highest BCUT2D eigenvalue weighted by atomic mass is 32.2. The lowest BCUT2D eigenvalue weighted by atomic mass is 10.1. The third-order valence-corrected chi connectivity index (χ3v) is 6.09. The Morgan fingerprint density at radius 3 is 2.85 bits per heavy atom. The molecule has 1 fully saturated rings.